The van der Waals surface area contributed by atoms with Gasteiger partial charge in [0.25, 0.3) is 0 Å². The average Bonchev–Trinajstić information content (AvgIpc) is 2.48. The van der Waals surface area contributed by atoms with E-state index in [1.165, 1.54) is 11.8 Å². The van der Waals surface area contributed by atoms with Gasteiger partial charge in [0.05, 0.1) is 6.61 Å². The highest BCUT2D eigenvalue weighted by atomic mass is 32.2. The Hall–Kier alpha value is -1.36. The molecule has 0 aliphatic carbocycles. The van der Waals surface area contributed by atoms with Gasteiger partial charge in [0.15, 0.2) is 0 Å². The Morgan fingerprint density at radius 1 is 1.14 bits per heavy atom. The molecule has 0 spiro atoms. The SMILES string of the molecule is COCCNCc1ccc(Sc2ccccc2C)c(F)c1. The lowest BCUT2D eigenvalue weighted by molar-refractivity contribution is 0.199. The van der Waals surface area contributed by atoms with E-state index in [2.05, 4.69) is 5.32 Å². The molecule has 0 unspecified atom stereocenters. The highest BCUT2D eigenvalue weighted by Gasteiger charge is 2.07. The minimum Gasteiger partial charge on any atom is -0.383 e. The van der Waals surface area contributed by atoms with Crippen molar-refractivity contribution in [3.8, 4) is 0 Å². The van der Waals surface area contributed by atoms with Crippen molar-refractivity contribution in [2.45, 2.75) is 23.3 Å². The van der Waals surface area contributed by atoms with Crippen molar-refractivity contribution in [2.75, 3.05) is 20.3 Å². The van der Waals surface area contributed by atoms with E-state index in [0.717, 1.165) is 22.6 Å². The zero-order valence-corrected chi connectivity index (χ0v) is 13.2. The van der Waals surface area contributed by atoms with Gasteiger partial charge in [-0.15, -0.1) is 0 Å². The Morgan fingerprint density at radius 3 is 2.67 bits per heavy atom. The van der Waals surface area contributed by atoms with E-state index in [9.17, 15) is 4.39 Å². The summed E-state index contributed by atoms with van der Waals surface area (Å²) in [6.45, 7) is 4.10. The first kappa shape index (κ1) is 16.0. The van der Waals surface area contributed by atoms with Crippen LogP contribution in [0.1, 0.15) is 11.1 Å². The number of aryl methyl sites for hydroxylation is 1. The van der Waals surface area contributed by atoms with Gasteiger partial charge in [-0.25, -0.2) is 4.39 Å². The Kier molecular flexibility index (Phi) is 6.23. The molecule has 0 atom stereocenters. The molecule has 0 saturated carbocycles. The lowest BCUT2D eigenvalue weighted by Gasteiger charge is -2.09. The number of nitrogens with one attached hydrogen (secondary N) is 1. The third-order valence-corrected chi connectivity index (χ3v) is 4.35. The van der Waals surface area contributed by atoms with Gasteiger partial charge in [-0.3, -0.25) is 0 Å². The Morgan fingerprint density at radius 2 is 1.95 bits per heavy atom. The summed E-state index contributed by atoms with van der Waals surface area (Å²) in [6, 6.07) is 13.4. The van der Waals surface area contributed by atoms with E-state index in [1.807, 2.05) is 43.3 Å². The van der Waals surface area contributed by atoms with Crippen LogP contribution in [-0.4, -0.2) is 20.3 Å². The smallest absolute Gasteiger partial charge is 0.137 e. The maximum absolute atomic E-state index is 14.2. The molecule has 0 bridgehead atoms. The van der Waals surface area contributed by atoms with Crippen LogP contribution in [0.4, 0.5) is 4.39 Å². The molecule has 0 heterocycles. The molecule has 0 amide bonds. The molecule has 0 saturated heterocycles. The van der Waals surface area contributed by atoms with Crippen molar-refractivity contribution in [1.82, 2.24) is 5.32 Å². The van der Waals surface area contributed by atoms with Crippen LogP contribution in [0.3, 0.4) is 0 Å². The fourth-order valence-corrected chi connectivity index (χ4v) is 2.84. The lowest BCUT2D eigenvalue weighted by Crippen LogP contribution is -2.18. The Balaban J connectivity index is 2.01. The highest BCUT2D eigenvalue weighted by Crippen LogP contribution is 2.32. The molecule has 2 aromatic carbocycles. The van der Waals surface area contributed by atoms with Crippen molar-refractivity contribution < 1.29 is 9.13 Å². The minimum absolute atomic E-state index is 0.172. The molecule has 0 aliphatic heterocycles. The molecule has 112 valence electrons. The first-order chi connectivity index (χ1) is 10.2. The molecule has 0 aromatic heterocycles. The normalized spacial score (nSPS) is 10.8. The monoisotopic (exact) mass is 305 g/mol. The number of hydrogen-bond acceptors (Lipinski definition) is 3. The van der Waals surface area contributed by atoms with E-state index in [1.54, 1.807) is 13.2 Å². The fourth-order valence-electron chi connectivity index (χ4n) is 1.93. The van der Waals surface area contributed by atoms with Crippen molar-refractivity contribution in [3.05, 3.63) is 59.4 Å². The minimum atomic E-state index is -0.172. The molecule has 0 aliphatic rings. The predicted octanol–water partition coefficient (Wildman–Crippen LogP) is 4.02. The summed E-state index contributed by atoms with van der Waals surface area (Å²) in [5, 5.41) is 3.21. The molecule has 0 radical (unpaired) electrons. The van der Waals surface area contributed by atoms with Crippen molar-refractivity contribution in [1.29, 1.82) is 0 Å². The fraction of sp³-hybridized carbons (Fsp3) is 0.294. The quantitative estimate of drug-likeness (QED) is 0.781. The van der Waals surface area contributed by atoms with Crippen LogP contribution >= 0.6 is 11.8 Å². The van der Waals surface area contributed by atoms with Gasteiger partial charge in [0.1, 0.15) is 5.82 Å². The summed E-state index contributed by atoms with van der Waals surface area (Å²) in [5.74, 6) is -0.172. The maximum Gasteiger partial charge on any atom is 0.137 e. The molecule has 21 heavy (non-hydrogen) atoms. The zero-order chi connectivity index (χ0) is 15.1. The van der Waals surface area contributed by atoms with E-state index < -0.39 is 0 Å². The van der Waals surface area contributed by atoms with Crippen molar-refractivity contribution in [3.63, 3.8) is 0 Å². The highest BCUT2D eigenvalue weighted by molar-refractivity contribution is 7.99. The molecule has 2 aromatic rings. The van der Waals surface area contributed by atoms with Crippen LogP contribution in [0.2, 0.25) is 0 Å². The van der Waals surface area contributed by atoms with Crippen molar-refractivity contribution >= 4 is 11.8 Å². The van der Waals surface area contributed by atoms with Gasteiger partial charge in [0.2, 0.25) is 0 Å². The van der Waals surface area contributed by atoms with Crippen LogP contribution < -0.4 is 5.32 Å². The van der Waals surface area contributed by atoms with Crippen LogP contribution in [-0.2, 0) is 11.3 Å². The molecule has 2 rings (SSSR count). The van der Waals surface area contributed by atoms with Gasteiger partial charge >= 0.3 is 0 Å². The second kappa shape index (κ2) is 8.17. The largest absolute Gasteiger partial charge is 0.383 e. The summed E-state index contributed by atoms with van der Waals surface area (Å²) in [7, 11) is 1.67. The van der Waals surface area contributed by atoms with Gasteiger partial charge in [-0.1, -0.05) is 36.0 Å². The molecular formula is C17H20FNOS. The standard InChI is InChI=1S/C17H20FNOS/c1-13-5-3-4-6-16(13)21-17-8-7-14(11-15(17)18)12-19-9-10-20-2/h3-8,11,19H,9-10,12H2,1-2H3. The Bertz CT molecular complexity index is 589. The number of benzene rings is 2. The number of methoxy groups -OCH3 is 1. The molecule has 0 fully saturated rings. The van der Waals surface area contributed by atoms with Gasteiger partial charge in [-0.2, -0.15) is 0 Å². The van der Waals surface area contributed by atoms with Gasteiger partial charge in [0, 0.05) is 30.0 Å². The van der Waals surface area contributed by atoms with Crippen LogP contribution in [0.5, 0.6) is 0 Å². The van der Waals surface area contributed by atoms with Crippen LogP contribution in [0, 0.1) is 12.7 Å². The topological polar surface area (TPSA) is 21.3 Å². The van der Waals surface area contributed by atoms with Crippen LogP contribution in [0.15, 0.2) is 52.3 Å². The summed E-state index contributed by atoms with van der Waals surface area (Å²) in [6.07, 6.45) is 0. The predicted molar refractivity (Wildman–Crippen MR) is 85.3 cm³/mol. The summed E-state index contributed by atoms with van der Waals surface area (Å²) in [5.41, 5.74) is 2.10. The average molecular weight is 305 g/mol. The third kappa shape index (κ3) is 4.84. The van der Waals surface area contributed by atoms with E-state index in [-0.39, 0.29) is 5.82 Å². The van der Waals surface area contributed by atoms with E-state index >= 15 is 0 Å². The summed E-state index contributed by atoms with van der Waals surface area (Å²) in [4.78, 5) is 1.74. The number of ether oxygens (including phenoxy) is 1. The number of hydrogen-bond donors (Lipinski definition) is 1. The number of halogens is 1. The molecule has 2 nitrogen and oxygen atoms in total. The number of rotatable bonds is 7. The molecule has 4 heteroatoms. The van der Waals surface area contributed by atoms with Crippen molar-refractivity contribution in [2.24, 2.45) is 0 Å². The first-order valence-electron chi connectivity index (χ1n) is 6.92. The van der Waals surface area contributed by atoms with E-state index in [4.69, 9.17) is 4.74 Å². The van der Waals surface area contributed by atoms with Gasteiger partial charge in [-0.05, 0) is 36.2 Å². The maximum atomic E-state index is 14.2. The third-order valence-electron chi connectivity index (χ3n) is 3.12. The second-order valence-electron chi connectivity index (χ2n) is 4.80. The molecule has 1 N–H and O–H groups in total. The first-order valence-corrected chi connectivity index (χ1v) is 7.74. The lowest BCUT2D eigenvalue weighted by atomic mass is 10.2. The van der Waals surface area contributed by atoms with Gasteiger partial charge < -0.3 is 10.1 Å². The summed E-state index contributed by atoms with van der Waals surface area (Å²) >= 11 is 1.47. The zero-order valence-electron chi connectivity index (χ0n) is 12.4. The molecular weight excluding hydrogens is 285 g/mol. The van der Waals surface area contributed by atoms with E-state index in [0.29, 0.717) is 18.0 Å². The summed E-state index contributed by atoms with van der Waals surface area (Å²) < 4.78 is 19.1. The van der Waals surface area contributed by atoms with Crippen LogP contribution in [0.25, 0.3) is 0 Å². The second-order valence-corrected chi connectivity index (χ2v) is 5.89. The Labute approximate surface area is 129 Å².